The molecule has 0 bridgehead atoms. The van der Waals surface area contributed by atoms with Crippen molar-refractivity contribution in [2.75, 3.05) is 25.2 Å². The quantitative estimate of drug-likeness (QED) is 0.669. The summed E-state index contributed by atoms with van der Waals surface area (Å²) in [5, 5.41) is 8.58. The highest BCUT2D eigenvalue weighted by atomic mass is 35.5. The summed E-state index contributed by atoms with van der Waals surface area (Å²) in [5.74, 6) is -0.0148. The number of halogens is 1. The Morgan fingerprint density at radius 2 is 2.00 bits per heavy atom. The zero-order chi connectivity index (χ0) is 12.1. The Balaban J connectivity index is 4.41. The number of nitrogens with zero attached hydrogens (tertiary/aromatic N) is 2. The fourth-order valence-corrected chi connectivity index (χ4v) is 2.85. The number of alkyl halides is 1. The third kappa shape index (κ3) is 5.36. The summed E-state index contributed by atoms with van der Waals surface area (Å²) in [5.41, 5.74) is 0. The molecule has 2 atom stereocenters. The molecule has 0 amide bonds. The standard InChI is InChI=1S/C9H17ClN2O2S/c1-8(4-10)7-15(13,14)12(3)6-9(2)5-11/h8-9H,4,6-7H2,1-3H3. The average Bonchev–Trinajstić information content (AvgIpc) is 2.16. The molecule has 0 saturated carbocycles. The van der Waals surface area contributed by atoms with Crippen molar-refractivity contribution < 1.29 is 8.42 Å². The van der Waals surface area contributed by atoms with Crippen LogP contribution in [0.4, 0.5) is 0 Å². The van der Waals surface area contributed by atoms with Crippen LogP contribution in [0.1, 0.15) is 13.8 Å². The second kappa shape index (κ2) is 6.31. The molecule has 0 spiro atoms. The molecular weight excluding hydrogens is 236 g/mol. The van der Waals surface area contributed by atoms with Crippen molar-refractivity contribution in [2.45, 2.75) is 13.8 Å². The third-order valence-corrected chi connectivity index (χ3v) is 4.60. The Bertz CT molecular complexity index is 323. The highest BCUT2D eigenvalue weighted by Crippen LogP contribution is 2.09. The van der Waals surface area contributed by atoms with Gasteiger partial charge in [0.2, 0.25) is 10.0 Å². The van der Waals surface area contributed by atoms with Gasteiger partial charge in [-0.25, -0.2) is 12.7 Å². The molecule has 0 aliphatic rings. The van der Waals surface area contributed by atoms with E-state index in [4.69, 9.17) is 16.9 Å². The van der Waals surface area contributed by atoms with E-state index in [0.717, 1.165) is 0 Å². The first kappa shape index (κ1) is 14.7. The Kier molecular flexibility index (Phi) is 6.18. The maximum Gasteiger partial charge on any atom is 0.214 e. The molecule has 0 N–H and O–H groups in total. The third-order valence-electron chi connectivity index (χ3n) is 1.98. The molecule has 6 heteroatoms. The highest BCUT2D eigenvalue weighted by Gasteiger charge is 2.22. The fourth-order valence-electron chi connectivity index (χ4n) is 1.07. The first-order chi connectivity index (χ1) is 6.83. The molecule has 0 aliphatic heterocycles. The number of nitriles is 1. The molecule has 4 nitrogen and oxygen atoms in total. The van der Waals surface area contributed by atoms with Crippen LogP contribution in [0.25, 0.3) is 0 Å². The van der Waals surface area contributed by atoms with E-state index in [1.165, 1.54) is 11.4 Å². The largest absolute Gasteiger partial charge is 0.214 e. The Morgan fingerprint density at radius 3 is 2.40 bits per heavy atom. The summed E-state index contributed by atoms with van der Waals surface area (Å²) in [6, 6.07) is 2.00. The summed E-state index contributed by atoms with van der Waals surface area (Å²) in [6.07, 6.45) is 0. The maximum absolute atomic E-state index is 11.7. The predicted octanol–water partition coefficient (Wildman–Crippen LogP) is 1.28. The van der Waals surface area contributed by atoms with Gasteiger partial charge in [-0.15, -0.1) is 11.6 Å². The summed E-state index contributed by atoms with van der Waals surface area (Å²) >= 11 is 5.56. The van der Waals surface area contributed by atoms with Gasteiger partial charge in [0.1, 0.15) is 0 Å². The van der Waals surface area contributed by atoms with E-state index < -0.39 is 10.0 Å². The normalized spacial score (nSPS) is 16.0. The van der Waals surface area contributed by atoms with Crippen LogP contribution in [0.3, 0.4) is 0 Å². The van der Waals surface area contributed by atoms with E-state index >= 15 is 0 Å². The van der Waals surface area contributed by atoms with Crippen molar-refractivity contribution >= 4 is 21.6 Å². The topological polar surface area (TPSA) is 61.2 Å². The van der Waals surface area contributed by atoms with Gasteiger partial charge in [0.15, 0.2) is 0 Å². The molecule has 0 heterocycles. The van der Waals surface area contributed by atoms with Gasteiger partial charge in [0, 0.05) is 19.5 Å². The maximum atomic E-state index is 11.7. The van der Waals surface area contributed by atoms with Gasteiger partial charge in [-0.05, 0) is 12.8 Å². The van der Waals surface area contributed by atoms with Crippen molar-refractivity contribution in [3.8, 4) is 6.07 Å². The molecule has 0 aliphatic carbocycles. The zero-order valence-corrected chi connectivity index (χ0v) is 10.8. The van der Waals surface area contributed by atoms with E-state index in [1.54, 1.807) is 13.8 Å². The minimum Gasteiger partial charge on any atom is -0.212 e. The Labute approximate surface area is 96.9 Å². The second-order valence-electron chi connectivity index (χ2n) is 3.85. The van der Waals surface area contributed by atoms with E-state index in [2.05, 4.69) is 0 Å². The predicted molar refractivity (Wildman–Crippen MR) is 61.1 cm³/mol. The zero-order valence-electron chi connectivity index (χ0n) is 9.27. The van der Waals surface area contributed by atoms with Crippen LogP contribution in [-0.4, -0.2) is 37.9 Å². The van der Waals surface area contributed by atoms with Crippen LogP contribution < -0.4 is 0 Å². The van der Waals surface area contributed by atoms with Gasteiger partial charge < -0.3 is 0 Å². The Morgan fingerprint density at radius 1 is 1.47 bits per heavy atom. The molecule has 0 aromatic rings. The fraction of sp³-hybridized carbons (Fsp3) is 0.889. The number of hydrogen-bond donors (Lipinski definition) is 0. The smallest absolute Gasteiger partial charge is 0.212 e. The first-order valence-electron chi connectivity index (χ1n) is 4.73. The number of hydrogen-bond acceptors (Lipinski definition) is 3. The molecule has 88 valence electrons. The molecular formula is C9H17ClN2O2S. The summed E-state index contributed by atoms with van der Waals surface area (Å²) < 4.78 is 24.6. The van der Waals surface area contributed by atoms with Gasteiger partial charge in [-0.1, -0.05) is 6.92 Å². The van der Waals surface area contributed by atoms with E-state index in [0.29, 0.717) is 5.88 Å². The molecule has 0 radical (unpaired) electrons. The molecule has 2 unspecified atom stereocenters. The van der Waals surface area contributed by atoms with E-state index in [-0.39, 0.29) is 24.1 Å². The second-order valence-corrected chi connectivity index (χ2v) is 6.28. The van der Waals surface area contributed by atoms with Crippen molar-refractivity contribution in [1.82, 2.24) is 4.31 Å². The van der Waals surface area contributed by atoms with Gasteiger partial charge in [-0.3, -0.25) is 0 Å². The molecule has 0 rings (SSSR count). The first-order valence-corrected chi connectivity index (χ1v) is 6.87. The van der Waals surface area contributed by atoms with Gasteiger partial charge in [0.25, 0.3) is 0 Å². The van der Waals surface area contributed by atoms with Crippen molar-refractivity contribution in [1.29, 1.82) is 5.26 Å². The lowest BCUT2D eigenvalue weighted by Gasteiger charge is -2.19. The van der Waals surface area contributed by atoms with E-state index in [9.17, 15) is 8.42 Å². The molecule has 0 saturated heterocycles. The molecule has 0 aromatic heterocycles. The van der Waals surface area contributed by atoms with E-state index in [1.807, 2.05) is 6.07 Å². The lowest BCUT2D eigenvalue weighted by molar-refractivity contribution is 0.434. The monoisotopic (exact) mass is 252 g/mol. The number of sulfonamides is 1. The van der Waals surface area contributed by atoms with Crippen molar-refractivity contribution in [3.05, 3.63) is 0 Å². The Hall–Kier alpha value is -0.310. The van der Waals surface area contributed by atoms with Crippen molar-refractivity contribution in [3.63, 3.8) is 0 Å². The summed E-state index contributed by atoms with van der Waals surface area (Å²) in [4.78, 5) is 0. The minimum atomic E-state index is -3.28. The summed E-state index contributed by atoms with van der Waals surface area (Å²) in [6.45, 7) is 3.71. The van der Waals surface area contributed by atoms with Crippen LogP contribution in [0, 0.1) is 23.2 Å². The number of rotatable bonds is 6. The van der Waals surface area contributed by atoms with Crippen LogP contribution in [0.2, 0.25) is 0 Å². The van der Waals surface area contributed by atoms with Gasteiger partial charge in [-0.2, -0.15) is 5.26 Å². The molecule has 0 fully saturated rings. The van der Waals surface area contributed by atoms with Crippen LogP contribution in [0.15, 0.2) is 0 Å². The average molecular weight is 253 g/mol. The van der Waals surface area contributed by atoms with Crippen LogP contribution >= 0.6 is 11.6 Å². The summed E-state index contributed by atoms with van der Waals surface area (Å²) in [7, 11) is -1.79. The minimum absolute atomic E-state index is 0.0329. The SMILES string of the molecule is CC(C#N)CN(C)S(=O)(=O)CC(C)CCl. The highest BCUT2D eigenvalue weighted by molar-refractivity contribution is 7.89. The molecule has 0 aromatic carbocycles. The molecule has 15 heavy (non-hydrogen) atoms. The van der Waals surface area contributed by atoms with Crippen LogP contribution in [0.5, 0.6) is 0 Å². The van der Waals surface area contributed by atoms with Crippen LogP contribution in [-0.2, 0) is 10.0 Å². The van der Waals surface area contributed by atoms with Gasteiger partial charge >= 0.3 is 0 Å². The van der Waals surface area contributed by atoms with Gasteiger partial charge in [0.05, 0.1) is 17.7 Å². The lowest BCUT2D eigenvalue weighted by atomic mass is 10.2. The van der Waals surface area contributed by atoms with Crippen molar-refractivity contribution in [2.24, 2.45) is 11.8 Å². The lowest BCUT2D eigenvalue weighted by Crippen LogP contribution is -2.34.